The Morgan fingerprint density at radius 3 is 2.58 bits per heavy atom. The van der Waals surface area contributed by atoms with Crippen LogP contribution in [0.3, 0.4) is 0 Å². The molecular weight excluding hydrogens is 420 g/mol. The number of phenolic OH excluding ortho intramolecular Hbond substituents is 1. The highest BCUT2D eigenvalue weighted by Gasteiger charge is 2.40. The minimum atomic E-state index is -0.158. The van der Waals surface area contributed by atoms with Crippen molar-refractivity contribution >= 4 is 29.1 Å². The zero-order chi connectivity index (χ0) is 22.1. The molecule has 0 radical (unpaired) electrons. The number of likely N-dealkylation sites (tertiary alicyclic amines) is 1. The van der Waals surface area contributed by atoms with Crippen LogP contribution in [-0.2, 0) is 9.59 Å². The van der Waals surface area contributed by atoms with Crippen molar-refractivity contribution in [3.05, 3.63) is 35.4 Å². The number of nitrogens with zero attached hydrogens (tertiary/aromatic N) is 3. The van der Waals surface area contributed by atoms with Crippen molar-refractivity contribution in [2.75, 3.05) is 51.2 Å². The number of aromatic hydroxyl groups is 1. The molecule has 0 bridgehead atoms. The van der Waals surface area contributed by atoms with Crippen LogP contribution in [0.2, 0.25) is 5.02 Å². The van der Waals surface area contributed by atoms with E-state index in [0.717, 1.165) is 18.4 Å². The van der Waals surface area contributed by atoms with E-state index in [1.54, 1.807) is 9.80 Å². The molecule has 2 amide bonds. The van der Waals surface area contributed by atoms with Gasteiger partial charge in [-0.25, -0.2) is 0 Å². The molecular formula is C22H29ClN4O4. The molecule has 168 valence electrons. The lowest BCUT2D eigenvalue weighted by Gasteiger charge is -2.51. The maximum atomic E-state index is 12.8. The normalized spacial score (nSPS) is 22.2. The summed E-state index contributed by atoms with van der Waals surface area (Å²) in [6.45, 7) is 6.40. The van der Waals surface area contributed by atoms with Gasteiger partial charge in [0.25, 0.3) is 0 Å². The maximum absolute atomic E-state index is 12.8. The van der Waals surface area contributed by atoms with Crippen molar-refractivity contribution in [2.24, 2.45) is 0 Å². The zero-order valence-corrected chi connectivity index (χ0v) is 18.2. The van der Waals surface area contributed by atoms with Crippen LogP contribution in [0, 0.1) is 0 Å². The summed E-state index contributed by atoms with van der Waals surface area (Å²) in [6, 6.07) is 3.41. The quantitative estimate of drug-likeness (QED) is 0.429. The lowest BCUT2D eigenvalue weighted by Crippen LogP contribution is -2.68. The molecule has 1 saturated carbocycles. The molecule has 9 heteroatoms. The van der Waals surface area contributed by atoms with Crippen molar-refractivity contribution in [3.63, 3.8) is 0 Å². The van der Waals surface area contributed by atoms with Crippen molar-refractivity contribution < 1.29 is 19.8 Å². The molecule has 2 aliphatic heterocycles. The van der Waals surface area contributed by atoms with Crippen LogP contribution in [0.4, 0.5) is 5.69 Å². The lowest BCUT2D eigenvalue weighted by atomic mass is 10.0. The van der Waals surface area contributed by atoms with Crippen molar-refractivity contribution in [1.29, 1.82) is 0 Å². The van der Waals surface area contributed by atoms with Gasteiger partial charge < -0.3 is 25.3 Å². The first kappa shape index (κ1) is 21.9. The van der Waals surface area contributed by atoms with E-state index in [9.17, 15) is 19.8 Å². The van der Waals surface area contributed by atoms with Gasteiger partial charge in [0.05, 0.1) is 24.9 Å². The molecule has 31 heavy (non-hydrogen) atoms. The molecule has 3 fully saturated rings. The first-order chi connectivity index (χ1) is 14.9. The molecule has 1 aromatic carbocycles. The average Bonchev–Trinajstić information content (AvgIpc) is 3.57. The van der Waals surface area contributed by atoms with E-state index in [1.807, 2.05) is 6.07 Å². The van der Waals surface area contributed by atoms with Crippen LogP contribution in [-0.4, -0.2) is 94.7 Å². The number of halogens is 1. The predicted octanol–water partition coefficient (Wildman–Crippen LogP) is 1.24. The smallest absolute Gasteiger partial charge is 0.246 e. The Bertz CT molecular complexity index is 869. The van der Waals surface area contributed by atoms with E-state index in [1.165, 1.54) is 12.1 Å². The Labute approximate surface area is 187 Å². The number of benzene rings is 1. The van der Waals surface area contributed by atoms with E-state index in [4.69, 9.17) is 11.6 Å². The van der Waals surface area contributed by atoms with Gasteiger partial charge in [-0.1, -0.05) is 18.2 Å². The molecule has 3 aliphatic rings. The van der Waals surface area contributed by atoms with E-state index < -0.39 is 0 Å². The van der Waals surface area contributed by atoms with Gasteiger partial charge in [0, 0.05) is 49.9 Å². The monoisotopic (exact) mass is 448 g/mol. The summed E-state index contributed by atoms with van der Waals surface area (Å²) >= 11 is 6.23. The number of rotatable bonds is 7. The van der Waals surface area contributed by atoms with E-state index >= 15 is 0 Å². The largest absolute Gasteiger partial charge is 0.506 e. The Morgan fingerprint density at radius 1 is 1.19 bits per heavy atom. The predicted molar refractivity (Wildman–Crippen MR) is 118 cm³/mol. The van der Waals surface area contributed by atoms with Gasteiger partial charge in [-0.05, 0) is 36.5 Å². The van der Waals surface area contributed by atoms with Crippen molar-refractivity contribution in [2.45, 2.75) is 30.8 Å². The van der Waals surface area contributed by atoms with Gasteiger partial charge in [0.15, 0.2) is 0 Å². The standard InChI is InChI=1S/C22H29ClN4O4/c1-2-21(30)26-10-15(11-26)27-6-5-25(12-16(27)13-28)22(31)9-24-19-7-17(14-3-4-14)18(23)8-20(19)29/h2,7-8,14-16,24,28-29H,1,3-6,9-13H2. The minimum absolute atomic E-state index is 0.0314. The fourth-order valence-electron chi connectivity index (χ4n) is 4.42. The highest BCUT2D eigenvalue weighted by atomic mass is 35.5. The molecule has 1 unspecified atom stereocenters. The molecule has 1 aromatic rings. The molecule has 0 spiro atoms. The Hall–Kier alpha value is -2.29. The number of nitrogens with one attached hydrogen (secondary N) is 1. The minimum Gasteiger partial charge on any atom is -0.506 e. The fraction of sp³-hybridized carbons (Fsp3) is 0.545. The summed E-state index contributed by atoms with van der Waals surface area (Å²) in [4.78, 5) is 30.1. The first-order valence-electron chi connectivity index (χ1n) is 10.7. The van der Waals surface area contributed by atoms with Gasteiger partial charge in [-0.15, -0.1) is 0 Å². The summed E-state index contributed by atoms with van der Waals surface area (Å²) in [7, 11) is 0. The number of carbonyl (C=O) groups excluding carboxylic acids is 2. The second kappa shape index (κ2) is 9.06. The number of anilines is 1. The SMILES string of the molecule is C=CC(=O)N1CC(N2CCN(C(=O)CNc3cc(C4CC4)c(Cl)cc3O)CC2CO)C1. The van der Waals surface area contributed by atoms with Gasteiger partial charge in [-0.3, -0.25) is 14.5 Å². The maximum Gasteiger partial charge on any atom is 0.246 e. The van der Waals surface area contributed by atoms with Gasteiger partial charge >= 0.3 is 0 Å². The molecule has 3 N–H and O–H groups in total. The number of piperazine rings is 1. The third-order valence-corrected chi connectivity index (χ3v) is 6.80. The topological polar surface area (TPSA) is 96.4 Å². The van der Waals surface area contributed by atoms with Crippen molar-refractivity contribution in [1.82, 2.24) is 14.7 Å². The van der Waals surface area contributed by atoms with Crippen LogP contribution >= 0.6 is 11.6 Å². The van der Waals surface area contributed by atoms with E-state index in [2.05, 4.69) is 16.8 Å². The third-order valence-electron chi connectivity index (χ3n) is 6.47. The summed E-state index contributed by atoms with van der Waals surface area (Å²) in [6.07, 6.45) is 3.50. The third kappa shape index (κ3) is 4.66. The summed E-state index contributed by atoms with van der Waals surface area (Å²) < 4.78 is 0. The van der Waals surface area contributed by atoms with E-state index in [-0.39, 0.29) is 42.8 Å². The summed E-state index contributed by atoms with van der Waals surface area (Å²) in [5.74, 6) is 0.306. The number of hydrogen-bond acceptors (Lipinski definition) is 6. The van der Waals surface area contributed by atoms with Crippen molar-refractivity contribution in [3.8, 4) is 5.75 Å². The summed E-state index contributed by atoms with van der Waals surface area (Å²) in [5.41, 5.74) is 1.52. The van der Waals surface area contributed by atoms with Gasteiger partial charge in [0.2, 0.25) is 11.8 Å². The molecule has 2 heterocycles. The van der Waals surface area contributed by atoms with E-state index in [0.29, 0.717) is 49.4 Å². The number of aliphatic hydroxyl groups is 1. The lowest BCUT2D eigenvalue weighted by molar-refractivity contribution is -0.139. The molecule has 1 atom stereocenters. The highest BCUT2D eigenvalue weighted by molar-refractivity contribution is 6.31. The van der Waals surface area contributed by atoms with Crippen LogP contribution in [0.5, 0.6) is 5.75 Å². The van der Waals surface area contributed by atoms with Gasteiger partial charge in [0.1, 0.15) is 5.75 Å². The van der Waals surface area contributed by atoms with Gasteiger partial charge in [-0.2, -0.15) is 0 Å². The fourth-order valence-corrected chi connectivity index (χ4v) is 4.74. The molecule has 2 saturated heterocycles. The van der Waals surface area contributed by atoms with Crippen LogP contribution in [0.1, 0.15) is 24.3 Å². The average molecular weight is 449 g/mol. The first-order valence-corrected chi connectivity index (χ1v) is 11.1. The second-order valence-corrected chi connectivity index (χ2v) is 8.94. The highest BCUT2D eigenvalue weighted by Crippen LogP contribution is 2.45. The molecule has 0 aromatic heterocycles. The van der Waals surface area contributed by atoms with Crippen LogP contribution in [0.15, 0.2) is 24.8 Å². The zero-order valence-electron chi connectivity index (χ0n) is 17.5. The number of hydrogen-bond donors (Lipinski definition) is 3. The number of carbonyl (C=O) groups is 2. The number of amides is 2. The molecule has 4 rings (SSSR count). The Balaban J connectivity index is 1.31. The number of aliphatic hydroxyl groups excluding tert-OH is 1. The molecule has 1 aliphatic carbocycles. The Morgan fingerprint density at radius 2 is 1.94 bits per heavy atom. The number of phenols is 1. The van der Waals surface area contributed by atoms with Crippen LogP contribution < -0.4 is 5.32 Å². The van der Waals surface area contributed by atoms with Crippen LogP contribution in [0.25, 0.3) is 0 Å². The molecule has 8 nitrogen and oxygen atoms in total. The Kier molecular flexibility index (Phi) is 6.41. The summed E-state index contributed by atoms with van der Waals surface area (Å²) in [5, 5.41) is 23.7. The second-order valence-electron chi connectivity index (χ2n) is 8.53.